The molecule has 0 rings (SSSR count). The molecular weight excluding hydrogens is 773 g/mol. The number of carboxylic acid groups (broad SMARTS) is 1. The number of carboxylic acids is 1. The van der Waals surface area contributed by atoms with Gasteiger partial charge in [0.1, 0.15) is 12.6 Å². The smallest absolute Gasteiger partial charge is 0.472 e. The molecule has 0 spiro atoms. The Morgan fingerprint density at radius 3 is 1.63 bits per heavy atom. The number of aliphatic carboxylic acids is 1. The van der Waals surface area contributed by atoms with Gasteiger partial charge in [-0.3, -0.25) is 28.2 Å². The summed E-state index contributed by atoms with van der Waals surface area (Å²) >= 11 is 0. The molecule has 0 aromatic heterocycles. The highest BCUT2D eigenvalue weighted by atomic mass is 31.2. The summed E-state index contributed by atoms with van der Waals surface area (Å²) in [5.74, 6) is -2.33. The average molecular weight is 854 g/mol. The van der Waals surface area contributed by atoms with Crippen LogP contribution in [0.2, 0.25) is 0 Å². The third-order valence-corrected chi connectivity index (χ3v) is 10.5. The van der Waals surface area contributed by atoms with E-state index in [9.17, 15) is 28.6 Å². The topological polar surface area (TPSA) is 189 Å². The Labute approximate surface area is 356 Å². The minimum absolute atomic E-state index is 0.120. The van der Waals surface area contributed by atoms with Crippen LogP contribution in [0.4, 0.5) is 0 Å². The Kier molecular flexibility index (Phi) is 38.5. The van der Waals surface area contributed by atoms with Gasteiger partial charge in [-0.2, -0.15) is 0 Å². The molecule has 0 aliphatic carbocycles. The molecule has 0 aliphatic rings. The van der Waals surface area contributed by atoms with Crippen LogP contribution in [0, 0.1) is 0 Å². The molecule has 0 aromatic rings. The highest BCUT2D eigenvalue weighted by Gasteiger charge is 2.28. The van der Waals surface area contributed by atoms with E-state index in [1.165, 1.54) is 83.5 Å². The van der Waals surface area contributed by atoms with Gasteiger partial charge in [-0.15, -0.1) is 0 Å². The number of ether oxygens (including phenoxy) is 2. The lowest BCUT2D eigenvalue weighted by Crippen LogP contribution is -2.34. The largest absolute Gasteiger partial charge is 0.480 e. The normalized spacial score (nSPS) is 14.0. The minimum Gasteiger partial charge on any atom is -0.480 e. The van der Waals surface area contributed by atoms with E-state index in [2.05, 4.69) is 18.4 Å². The van der Waals surface area contributed by atoms with E-state index >= 15 is 0 Å². The van der Waals surface area contributed by atoms with Gasteiger partial charge in [0.15, 0.2) is 11.9 Å². The third-order valence-electron chi connectivity index (χ3n) is 9.56. The molecule has 1 unspecified atom stereocenters. The predicted octanol–water partition coefficient (Wildman–Crippen LogP) is 11.4. The lowest BCUT2D eigenvalue weighted by atomic mass is 10.0. The fourth-order valence-electron chi connectivity index (χ4n) is 5.95. The van der Waals surface area contributed by atoms with E-state index < -0.39 is 57.7 Å². The molecule has 0 fully saturated rings. The number of carbonyl (C=O) groups is 4. The van der Waals surface area contributed by atoms with Crippen molar-refractivity contribution in [1.82, 2.24) is 0 Å². The van der Waals surface area contributed by atoms with E-state index in [-0.39, 0.29) is 18.6 Å². The SMILES string of the molecule is CCCCCCCCCCCCCCCCCCCC(=O)O[C@H](COC(=O)CCC/C=C\C/C=C\C/C=C\C=C\C(=O)CCCCC)COP(=O)(O)OC[C@H](N)C(=O)O. The number of unbranched alkanes of at least 4 members (excludes halogenated alkanes) is 19. The lowest BCUT2D eigenvalue weighted by molar-refractivity contribution is -0.161. The maximum Gasteiger partial charge on any atom is 0.472 e. The molecule has 340 valence electrons. The van der Waals surface area contributed by atoms with Crippen molar-refractivity contribution in [1.29, 1.82) is 0 Å². The van der Waals surface area contributed by atoms with Crippen LogP contribution in [0.5, 0.6) is 0 Å². The van der Waals surface area contributed by atoms with Crippen LogP contribution >= 0.6 is 7.82 Å². The molecule has 3 atom stereocenters. The summed E-state index contributed by atoms with van der Waals surface area (Å²) in [6.07, 6.45) is 41.6. The van der Waals surface area contributed by atoms with Gasteiger partial charge in [0, 0.05) is 19.3 Å². The van der Waals surface area contributed by atoms with Crippen molar-refractivity contribution in [3.8, 4) is 0 Å². The third kappa shape index (κ3) is 40.3. The van der Waals surface area contributed by atoms with Gasteiger partial charge >= 0.3 is 25.7 Å². The molecule has 0 amide bonds. The van der Waals surface area contributed by atoms with Crippen molar-refractivity contribution in [3.05, 3.63) is 48.6 Å². The second-order valence-corrected chi connectivity index (χ2v) is 16.7. The van der Waals surface area contributed by atoms with Gasteiger partial charge < -0.3 is 25.2 Å². The number of esters is 2. The standard InChI is InChI=1S/C46H80NO11P/c1-3-5-7-8-9-10-11-12-13-14-15-16-19-23-26-29-33-37-45(50)58-42(39-56-59(53,54)57-40-43(47)46(51)52)38-55-44(49)36-32-28-25-22-20-17-18-21-24-27-31-35-41(48)34-30-6-4-2/h17-18,22,24-25,27,31,35,42-43H,3-16,19-21,23,26,28-30,32-34,36-40,47H2,1-2H3,(H,51,52)(H,53,54)/b18-17-,25-22-,27-24-,35-31+/t42-,43+/m1/s1. The van der Waals surface area contributed by atoms with Crippen molar-refractivity contribution in [2.75, 3.05) is 19.8 Å². The molecule has 13 heteroatoms. The second-order valence-electron chi connectivity index (χ2n) is 15.2. The number of hydrogen-bond donors (Lipinski definition) is 3. The summed E-state index contributed by atoms with van der Waals surface area (Å²) in [5, 5.41) is 8.89. The summed E-state index contributed by atoms with van der Waals surface area (Å²) < 4.78 is 32.6. The van der Waals surface area contributed by atoms with Gasteiger partial charge in [0.2, 0.25) is 0 Å². The highest BCUT2D eigenvalue weighted by molar-refractivity contribution is 7.47. The monoisotopic (exact) mass is 854 g/mol. The number of phosphoric acid groups is 1. The average Bonchev–Trinajstić information content (AvgIpc) is 3.20. The predicted molar refractivity (Wildman–Crippen MR) is 236 cm³/mol. The van der Waals surface area contributed by atoms with Crippen LogP contribution in [0.15, 0.2) is 48.6 Å². The molecule has 4 N–H and O–H groups in total. The first-order chi connectivity index (χ1) is 28.5. The summed E-state index contributed by atoms with van der Waals surface area (Å²) in [5.41, 5.74) is 5.33. The van der Waals surface area contributed by atoms with Crippen LogP contribution in [0.1, 0.15) is 187 Å². The molecule has 0 radical (unpaired) electrons. The highest BCUT2D eigenvalue weighted by Crippen LogP contribution is 2.43. The Bertz CT molecular complexity index is 1250. The zero-order chi connectivity index (χ0) is 43.7. The van der Waals surface area contributed by atoms with E-state index in [4.69, 9.17) is 24.8 Å². The molecule has 0 aliphatic heterocycles. The van der Waals surface area contributed by atoms with Crippen LogP contribution in [0.25, 0.3) is 0 Å². The number of carbonyl (C=O) groups excluding carboxylic acids is 3. The number of rotatable bonds is 42. The minimum atomic E-state index is -4.74. The zero-order valence-electron chi connectivity index (χ0n) is 36.6. The van der Waals surface area contributed by atoms with Gasteiger partial charge in [-0.1, -0.05) is 172 Å². The second kappa shape index (κ2) is 40.5. The first-order valence-corrected chi connectivity index (χ1v) is 24.1. The number of ketones is 1. The quantitative estimate of drug-likeness (QED) is 0.0132. The molecule has 12 nitrogen and oxygen atoms in total. The molecule has 0 bridgehead atoms. The van der Waals surface area contributed by atoms with Gasteiger partial charge in [-0.05, 0) is 44.6 Å². The Morgan fingerprint density at radius 2 is 1.05 bits per heavy atom. The van der Waals surface area contributed by atoms with Crippen molar-refractivity contribution < 1.29 is 52.3 Å². The Hall–Kier alpha value is -2.89. The zero-order valence-corrected chi connectivity index (χ0v) is 37.5. The first kappa shape index (κ1) is 56.1. The van der Waals surface area contributed by atoms with Crippen molar-refractivity contribution in [2.45, 2.75) is 199 Å². The van der Waals surface area contributed by atoms with E-state index in [1.54, 1.807) is 12.2 Å². The van der Waals surface area contributed by atoms with Gasteiger partial charge in [0.05, 0.1) is 13.2 Å². The van der Waals surface area contributed by atoms with Gasteiger partial charge in [-0.25, -0.2) is 4.57 Å². The number of phosphoric ester groups is 1. The fourth-order valence-corrected chi connectivity index (χ4v) is 6.73. The summed E-state index contributed by atoms with van der Waals surface area (Å²) in [6, 6.07) is -1.54. The van der Waals surface area contributed by atoms with E-state index in [0.29, 0.717) is 25.7 Å². The van der Waals surface area contributed by atoms with Crippen LogP contribution in [0.3, 0.4) is 0 Å². The fraction of sp³-hybridized carbons (Fsp3) is 0.739. The van der Waals surface area contributed by atoms with Crippen LogP contribution in [-0.4, -0.2) is 65.7 Å². The van der Waals surface area contributed by atoms with Crippen molar-refractivity contribution in [3.63, 3.8) is 0 Å². The summed E-state index contributed by atoms with van der Waals surface area (Å²) in [7, 11) is -4.74. The molecule has 59 heavy (non-hydrogen) atoms. The molecule has 0 saturated heterocycles. The van der Waals surface area contributed by atoms with Crippen molar-refractivity contribution >= 4 is 31.5 Å². The van der Waals surface area contributed by atoms with E-state index in [0.717, 1.165) is 51.4 Å². The number of nitrogens with two attached hydrogens (primary N) is 1. The lowest BCUT2D eigenvalue weighted by Gasteiger charge is -2.20. The molecular formula is C46H80NO11P. The number of hydrogen-bond acceptors (Lipinski definition) is 10. The maximum absolute atomic E-state index is 12.6. The van der Waals surface area contributed by atoms with Crippen LogP contribution in [-0.2, 0) is 42.3 Å². The summed E-state index contributed by atoms with van der Waals surface area (Å²) in [6.45, 7) is 2.59. The number of allylic oxidation sites excluding steroid dienone is 8. The molecule has 0 saturated carbocycles. The maximum atomic E-state index is 12.6. The first-order valence-electron chi connectivity index (χ1n) is 22.6. The molecule has 0 heterocycles. The summed E-state index contributed by atoms with van der Waals surface area (Å²) in [4.78, 5) is 57.7. The van der Waals surface area contributed by atoms with Crippen molar-refractivity contribution in [2.24, 2.45) is 5.73 Å². The Balaban J connectivity index is 4.45. The van der Waals surface area contributed by atoms with Crippen LogP contribution < -0.4 is 5.73 Å². The van der Waals surface area contributed by atoms with Gasteiger partial charge in [0.25, 0.3) is 0 Å². The Morgan fingerprint density at radius 1 is 0.576 bits per heavy atom. The molecule has 0 aromatic carbocycles. The van der Waals surface area contributed by atoms with E-state index in [1.807, 2.05) is 36.5 Å².